The Balaban J connectivity index is 1.50. The molecule has 0 radical (unpaired) electrons. The van der Waals surface area contributed by atoms with Gasteiger partial charge in [0.05, 0.1) is 24.1 Å². The number of halogens is 1. The van der Waals surface area contributed by atoms with Crippen molar-refractivity contribution in [2.45, 2.75) is 12.1 Å². The molecule has 0 spiro atoms. The molecule has 7 nitrogen and oxygen atoms in total. The second-order valence-corrected chi connectivity index (χ2v) is 11.4. The quantitative estimate of drug-likeness (QED) is 0.124. The van der Waals surface area contributed by atoms with Crippen LogP contribution in [-0.2, 0) is 4.79 Å². The van der Waals surface area contributed by atoms with Gasteiger partial charge in [-0.1, -0.05) is 90.0 Å². The first-order chi connectivity index (χ1) is 21.4. The number of methoxy groups -OCH3 is 1. The van der Waals surface area contributed by atoms with E-state index in [1.807, 2.05) is 54.6 Å². The van der Waals surface area contributed by atoms with E-state index < -0.39 is 5.97 Å². The van der Waals surface area contributed by atoms with Crippen LogP contribution < -0.4 is 4.74 Å². The van der Waals surface area contributed by atoms with Crippen LogP contribution in [0.2, 0.25) is 5.02 Å². The summed E-state index contributed by atoms with van der Waals surface area (Å²) < 4.78 is 7.63. The van der Waals surface area contributed by atoms with Crippen LogP contribution >= 0.6 is 23.4 Å². The van der Waals surface area contributed by atoms with Crippen molar-refractivity contribution in [1.29, 1.82) is 0 Å². The molecule has 2 heterocycles. The van der Waals surface area contributed by atoms with Crippen molar-refractivity contribution in [3.63, 3.8) is 0 Å². The summed E-state index contributed by atoms with van der Waals surface area (Å²) in [6, 6.07) is 35.5. The van der Waals surface area contributed by atoms with Crippen molar-refractivity contribution >= 4 is 35.4 Å². The Kier molecular flexibility index (Phi) is 8.36. The van der Waals surface area contributed by atoms with E-state index in [0.717, 1.165) is 51.1 Å². The predicted molar refractivity (Wildman–Crippen MR) is 176 cm³/mol. The SMILES string of the molecule is COc1ccc(Cl)cc1-c1nc(S/C(=C\c2cc(-c3ccccc3)n(-c3ccc(C)cc3)c2-c2ccccc2)C(=O)O)n[nH]1. The molecular formula is C35H27ClN4O3S. The van der Waals surface area contributed by atoms with E-state index >= 15 is 0 Å². The van der Waals surface area contributed by atoms with Crippen molar-refractivity contribution in [3.8, 4) is 45.3 Å². The Labute approximate surface area is 263 Å². The second-order valence-electron chi connectivity index (χ2n) is 9.96. The molecule has 44 heavy (non-hydrogen) atoms. The van der Waals surface area contributed by atoms with Crippen molar-refractivity contribution in [1.82, 2.24) is 19.7 Å². The summed E-state index contributed by atoms with van der Waals surface area (Å²) in [7, 11) is 1.56. The third-order valence-corrected chi connectivity index (χ3v) is 8.13. The van der Waals surface area contributed by atoms with Crippen molar-refractivity contribution in [2.24, 2.45) is 0 Å². The monoisotopic (exact) mass is 618 g/mol. The summed E-state index contributed by atoms with van der Waals surface area (Å²) in [5.41, 5.74) is 7.23. The average molecular weight is 619 g/mol. The third kappa shape index (κ3) is 6.04. The van der Waals surface area contributed by atoms with Gasteiger partial charge in [-0.3, -0.25) is 5.10 Å². The lowest BCUT2D eigenvalue weighted by atomic mass is 10.1. The molecule has 0 atom stereocenters. The number of thioether (sulfide) groups is 1. The van der Waals surface area contributed by atoms with Crippen molar-refractivity contribution < 1.29 is 14.6 Å². The van der Waals surface area contributed by atoms with Crippen LogP contribution in [0, 0.1) is 6.92 Å². The fourth-order valence-corrected chi connectivity index (χ4v) is 5.84. The Bertz CT molecular complexity index is 1970. The van der Waals surface area contributed by atoms with Gasteiger partial charge >= 0.3 is 5.97 Å². The van der Waals surface area contributed by atoms with Crippen LogP contribution in [0.5, 0.6) is 5.75 Å². The lowest BCUT2D eigenvalue weighted by molar-refractivity contribution is -0.131. The number of nitrogens with one attached hydrogen (secondary N) is 1. The molecule has 0 amide bonds. The van der Waals surface area contributed by atoms with Gasteiger partial charge in [0, 0.05) is 16.3 Å². The number of aliphatic carboxylic acids is 1. The zero-order chi connectivity index (χ0) is 30.6. The summed E-state index contributed by atoms with van der Waals surface area (Å²) in [6.07, 6.45) is 1.68. The summed E-state index contributed by atoms with van der Waals surface area (Å²) in [5.74, 6) is -0.113. The number of hydrogen-bond acceptors (Lipinski definition) is 5. The number of benzene rings is 4. The van der Waals surface area contributed by atoms with Gasteiger partial charge in [-0.2, -0.15) is 0 Å². The third-order valence-electron chi connectivity index (χ3n) is 7.02. The lowest BCUT2D eigenvalue weighted by Crippen LogP contribution is -2.01. The Morgan fingerprint density at radius 1 is 0.932 bits per heavy atom. The molecule has 0 unspecified atom stereocenters. The van der Waals surface area contributed by atoms with E-state index in [4.69, 9.17) is 16.3 Å². The zero-order valence-corrected chi connectivity index (χ0v) is 25.4. The molecule has 2 N–H and O–H groups in total. The van der Waals surface area contributed by atoms with Crippen LogP contribution in [0.15, 0.2) is 119 Å². The van der Waals surface area contributed by atoms with E-state index in [1.165, 1.54) is 0 Å². The highest BCUT2D eigenvalue weighted by Crippen LogP contribution is 2.39. The molecular weight excluding hydrogens is 592 g/mol. The maximum Gasteiger partial charge on any atom is 0.342 e. The molecule has 0 bridgehead atoms. The second kappa shape index (κ2) is 12.7. The predicted octanol–water partition coefficient (Wildman–Crippen LogP) is 8.78. The lowest BCUT2D eigenvalue weighted by Gasteiger charge is -2.15. The van der Waals surface area contributed by atoms with Crippen molar-refractivity contribution in [3.05, 3.63) is 130 Å². The molecule has 0 fully saturated rings. The van der Waals surface area contributed by atoms with E-state index in [0.29, 0.717) is 22.2 Å². The van der Waals surface area contributed by atoms with Gasteiger partial charge in [0.1, 0.15) is 10.7 Å². The first-order valence-electron chi connectivity index (χ1n) is 13.7. The molecule has 0 saturated carbocycles. The normalized spacial score (nSPS) is 11.5. The fourth-order valence-electron chi connectivity index (χ4n) is 4.97. The molecule has 4 aromatic carbocycles. The van der Waals surface area contributed by atoms with Crippen LogP contribution in [-0.4, -0.2) is 37.9 Å². The maximum atomic E-state index is 12.6. The topological polar surface area (TPSA) is 93.0 Å². The number of hydrogen-bond donors (Lipinski definition) is 2. The number of carboxylic acids is 1. The number of carboxylic acid groups (broad SMARTS) is 1. The number of carbonyl (C=O) groups is 1. The summed E-state index contributed by atoms with van der Waals surface area (Å²) in [4.78, 5) is 17.3. The number of aryl methyl sites for hydroxylation is 1. The van der Waals surface area contributed by atoms with Crippen molar-refractivity contribution in [2.75, 3.05) is 7.11 Å². The van der Waals surface area contributed by atoms with E-state index in [1.54, 1.807) is 31.4 Å². The minimum absolute atomic E-state index is 0.0615. The van der Waals surface area contributed by atoms with Crippen LogP contribution in [0.25, 0.3) is 45.7 Å². The minimum atomic E-state index is -1.09. The summed E-state index contributed by atoms with van der Waals surface area (Å²) in [6.45, 7) is 2.05. The Morgan fingerprint density at radius 3 is 2.27 bits per heavy atom. The Morgan fingerprint density at radius 2 is 1.61 bits per heavy atom. The molecule has 6 aromatic rings. The number of H-pyrrole nitrogens is 1. The number of rotatable bonds is 9. The highest BCUT2D eigenvalue weighted by Gasteiger charge is 2.22. The van der Waals surface area contributed by atoms with E-state index in [-0.39, 0.29) is 10.1 Å². The number of aromatic nitrogens is 4. The van der Waals surface area contributed by atoms with E-state index in [2.05, 4.69) is 63.1 Å². The van der Waals surface area contributed by atoms with Gasteiger partial charge in [-0.15, -0.1) is 5.10 Å². The smallest absolute Gasteiger partial charge is 0.342 e. The minimum Gasteiger partial charge on any atom is -0.496 e. The van der Waals surface area contributed by atoms with Gasteiger partial charge in [0.2, 0.25) is 5.16 Å². The van der Waals surface area contributed by atoms with Gasteiger partial charge in [0.25, 0.3) is 0 Å². The maximum absolute atomic E-state index is 12.6. The molecule has 0 saturated heterocycles. The number of nitrogens with zero attached hydrogens (tertiary/aromatic N) is 3. The molecule has 218 valence electrons. The highest BCUT2D eigenvalue weighted by molar-refractivity contribution is 8.04. The van der Waals surface area contributed by atoms with Crippen LogP contribution in [0.4, 0.5) is 0 Å². The first kappa shape index (κ1) is 29.0. The molecule has 0 aliphatic carbocycles. The zero-order valence-electron chi connectivity index (χ0n) is 23.9. The van der Waals surface area contributed by atoms with Crippen LogP contribution in [0.1, 0.15) is 11.1 Å². The average Bonchev–Trinajstić information content (AvgIpc) is 3.67. The summed E-state index contributed by atoms with van der Waals surface area (Å²) >= 11 is 7.17. The molecule has 6 rings (SSSR count). The van der Waals surface area contributed by atoms with Gasteiger partial charge < -0.3 is 14.4 Å². The van der Waals surface area contributed by atoms with Gasteiger partial charge in [-0.25, -0.2) is 9.78 Å². The molecule has 0 aliphatic heterocycles. The van der Waals surface area contributed by atoms with Gasteiger partial charge in [0.15, 0.2) is 5.82 Å². The molecule has 9 heteroatoms. The molecule has 2 aromatic heterocycles. The number of ether oxygens (including phenoxy) is 1. The molecule has 0 aliphatic rings. The standard InChI is InChI=1S/C35H27ClN4O3S/c1-22-13-16-27(17-14-22)40-29(23-9-5-3-6-10-23)19-25(32(40)24-11-7-4-8-12-24)20-31(34(41)42)44-35-37-33(38-39-35)28-21-26(36)15-18-30(28)43-2/h3-21H,1-2H3,(H,41,42)(H,37,38,39)/b31-20-. The van der Waals surface area contributed by atoms with Crippen LogP contribution in [0.3, 0.4) is 0 Å². The largest absolute Gasteiger partial charge is 0.496 e. The number of aromatic amines is 1. The highest BCUT2D eigenvalue weighted by atomic mass is 35.5. The first-order valence-corrected chi connectivity index (χ1v) is 14.9. The Hall–Kier alpha value is -5.05. The fraction of sp³-hybridized carbons (Fsp3) is 0.0571. The van der Waals surface area contributed by atoms with Gasteiger partial charge in [-0.05, 0) is 72.3 Å². The summed E-state index contributed by atoms with van der Waals surface area (Å²) in [5, 5.41) is 18.3. The van der Waals surface area contributed by atoms with E-state index in [9.17, 15) is 9.90 Å².